The molecule has 1 heterocycles. The zero-order chi connectivity index (χ0) is 11.7. The Morgan fingerprint density at radius 1 is 1.25 bits per heavy atom. The lowest BCUT2D eigenvalue weighted by Crippen LogP contribution is -2.08. The smallest absolute Gasteiger partial charge is 0.338 e. The van der Waals surface area contributed by atoms with Gasteiger partial charge in [0, 0.05) is 12.3 Å². The Kier molecular flexibility index (Phi) is 2.40. The minimum absolute atomic E-state index is 0.00574. The summed E-state index contributed by atoms with van der Waals surface area (Å²) in [6, 6.07) is 8.57. The van der Waals surface area contributed by atoms with E-state index in [1.807, 2.05) is 0 Å². The lowest BCUT2D eigenvalue weighted by atomic mass is 10.1. The van der Waals surface area contributed by atoms with E-state index in [1.165, 1.54) is 13.0 Å². The summed E-state index contributed by atoms with van der Waals surface area (Å²) in [4.78, 5) is 26.3. The van der Waals surface area contributed by atoms with Crippen molar-refractivity contribution in [2.45, 2.75) is 6.92 Å². The first-order valence-electron chi connectivity index (χ1n) is 4.73. The van der Waals surface area contributed by atoms with Crippen molar-refractivity contribution < 1.29 is 14.7 Å². The standard InChI is InChI=1S/C12H9NO3/c1-7(14)11-9(12(15)16)6-8-4-2-3-5-10(8)13-11/h2-6H,1H3,(H,15,16). The van der Waals surface area contributed by atoms with Gasteiger partial charge in [-0.05, 0) is 12.1 Å². The number of benzene rings is 1. The molecule has 4 heteroatoms. The highest BCUT2D eigenvalue weighted by molar-refractivity contribution is 6.05. The Bertz CT molecular complexity index is 537. The maximum absolute atomic E-state index is 11.3. The Morgan fingerprint density at radius 3 is 2.56 bits per heavy atom. The molecule has 4 nitrogen and oxygen atoms in total. The molecule has 0 fully saturated rings. The third-order valence-electron chi connectivity index (χ3n) is 2.29. The summed E-state index contributed by atoms with van der Waals surface area (Å²) < 4.78 is 0. The molecule has 0 aliphatic rings. The third-order valence-corrected chi connectivity index (χ3v) is 2.29. The molecule has 0 amide bonds. The normalized spacial score (nSPS) is 10.3. The number of para-hydroxylation sites is 1. The number of carbonyl (C=O) groups is 2. The molecular formula is C12H9NO3. The summed E-state index contributed by atoms with van der Waals surface area (Å²) in [6.07, 6.45) is 0. The predicted octanol–water partition coefficient (Wildman–Crippen LogP) is 2.14. The molecule has 16 heavy (non-hydrogen) atoms. The van der Waals surface area contributed by atoms with Gasteiger partial charge in [0.2, 0.25) is 0 Å². The summed E-state index contributed by atoms with van der Waals surface area (Å²) in [5.41, 5.74) is 0.579. The number of hydrogen-bond acceptors (Lipinski definition) is 3. The molecule has 0 radical (unpaired) electrons. The van der Waals surface area contributed by atoms with Gasteiger partial charge < -0.3 is 5.11 Å². The maximum atomic E-state index is 11.3. The highest BCUT2D eigenvalue weighted by Gasteiger charge is 2.16. The zero-order valence-corrected chi connectivity index (χ0v) is 8.60. The van der Waals surface area contributed by atoms with Crippen molar-refractivity contribution in [1.29, 1.82) is 0 Å². The van der Waals surface area contributed by atoms with Crippen LogP contribution < -0.4 is 0 Å². The number of aromatic carboxylic acids is 1. The summed E-state index contributed by atoms with van der Waals surface area (Å²) in [5, 5.41) is 9.69. The molecule has 0 aliphatic heterocycles. The van der Waals surface area contributed by atoms with Gasteiger partial charge in [-0.2, -0.15) is 0 Å². The molecule has 0 aliphatic carbocycles. The van der Waals surface area contributed by atoms with Crippen LogP contribution in [0.25, 0.3) is 10.9 Å². The molecule has 0 saturated heterocycles. The van der Waals surface area contributed by atoms with E-state index in [0.29, 0.717) is 10.9 Å². The number of nitrogens with zero attached hydrogens (tertiary/aromatic N) is 1. The molecule has 80 valence electrons. The number of ketones is 1. The van der Waals surface area contributed by atoms with Gasteiger partial charge in [0.15, 0.2) is 5.78 Å². The number of hydrogen-bond donors (Lipinski definition) is 1. The summed E-state index contributed by atoms with van der Waals surface area (Å²) >= 11 is 0. The van der Waals surface area contributed by atoms with Crippen LogP contribution in [0.3, 0.4) is 0 Å². The highest BCUT2D eigenvalue weighted by atomic mass is 16.4. The van der Waals surface area contributed by atoms with Crippen molar-refractivity contribution in [2.75, 3.05) is 0 Å². The number of rotatable bonds is 2. The minimum atomic E-state index is -1.14. The lowest BCUT2D eigenvalue weighted by molar-refractivity contribution is 0.0691. The lowest BCUT2D eigenvalue weighted by Gasteiger charge is -2.04. The molecule has 2 rings (SSSR count). The van der Waals surface area contributed by atoms with Crippen LogP contribution in [-0.4, -0.2) is 21.8 Å². The molecule has 0 unspecified atom stereocenters. The number of carboxylic acids is 1. The highest BCUT2D eigenvalue weighted by Crippen LogP contribution is 2.17. The first-order valence-corrected chi connectivity index (χ1v) is 4.73. The van der Waals surface area contributed by atoms with Crippen LogP contribution in [-0.2, 0) is 0 Å². The predicted molar refractivity (Wildman–Crippen MR) is 58.7 cm³/mol. The molecule has 1 aromatic heterocycles. The van der Waals surface area contributed by atoms with Crippen LogP contribution in [0.5, 0.6) is 0 Å². The van der Waals surface area contributed by atoms with Gasteiger partial charge in [-0.1, -0.05) is 18.2 Å². The number of fused-ring (bicyclic) bond motifs is 1. The van der Waals surface area contributed by atoms with Crippen molar-refractivity contribution in [3.05, 3.63) is 41.6 Å². The Balaban J connectivity index is 2.81. The summed E-state index contributed by atoms with van der Waals surface area (Å²) in [6.45, 7) is 1.31. The SMILES string of the molecule is CC(=O)c1nc2ccccc2cc1C(=O)O. The van der Waals surface area contributed by atoms with E-state index < -0.39 is 5.97 Å². The van der Waals surface area contributed by atoms with Gasteiger partial charge in [-0.15, -0.1) is 0 Å². The van der Waals surface area contributed by atoms with Crippen molar-refractivity contribution in [3.8, 4) is 0 Å². The average molecular weight is 215 g/mol. The molecule has 1 N–H and O–H groups in total. The average Bonchev–Trinajstić information content (AvgIpc) is 2.27. The molecule has 1 aromatic carbocycles. The number of Topliss-reactive ketones (excluding diaryl/α,β-unsaturated/α-hetero) is 1. The number of carbonyl (C=O) groups excluding carboxylic acids is 1. The van der Waals surface area contributed by atoms with Gasteiger partial charge in [0.05, 0.1) is 11.1 Å². The quantitative estimate of drug-likeness (QED) is 0.779. The number of pyridine rings is 1. The van der Waals surface area contributed by atoms with Crippen LogP contribution in [0, 0.1) is 0 Å². The van der Waals surface area contributed by atoms with Gasteiger partial charge in [0.25, 0.3) is 0 Å². The van der Waals surface area contributed by atoms with Crippen molar-refractivity contribution in [1.82, 2.24) is 4.98 Å². The first kappa shape index (κ1) is 10.3. The summed E-state index contributed by atoms with van der Waals surface area (Å²) in [7, 11) is 0. The fourth-order valence-corrected chi connectivity index (χ4v) is 1.55. The van der Waals surface area contributed by atoms with Crippen molar-refractivity contribution in [3.63, 3.8) is 0 Å². The summed E-state index contributed by atoms with van der Waals surface area (Å²) in [5.74, 6) is -1.48. The molecule has 0 bridgehead atoms. The second-order valence-electron chi connectivity index (χ2n) is 3.44. The minimum Gasteiger partial charge on any atom is -0.478 e. The van der Waals surface area contributed by atoms with Gasteiger partial charge in [0.1, 0.15) is 5.69 Å². The molecule has 0 saturated carbocycles. The van der Waals surface area contributed by atoms with E-state index in [4.69, 9.17) is 5.11 Å². The monoisotopic (exact) mass is 215 g/mol. The molecular weight excluding hydrogens is 206 g/mol. The van der Waals surface area contributed by atoms with E-state index in [-0.39, 0.29) is 17.0 Å². The van der Waals surface area contributed by atoms with Gasteiger partial charge >= 0.3 is 5.97 Å². The Morgan fingerprint density at radius 2 is 1.94 bits per heavy atom. The Labute approximate surface area is 91.5 Å². The zero-order valence-electron chi connectivity index (χ0n) is 8.60. The fraction of sp³-hybridized carbons (Fsp3) is 0.0833. The van der Waals surface area contributed by atoms with Gasteiger partial charge in [-0.25, -0.2) is 9.78 Å². The van der Waals surface area contributed by atoms with Crippen molar-refractivity contribution in [2.24, 2.45) is 0 Å². The topological polar surface area (TPSA) is 67.3 Å². The van der Waals surface area contributed by atoms with Gasteiger partial charge in [-0.3, -0.25) is 4.79 Å². The number of aromatic nitrogens is 1. The van der Waals surface area contributed by atoms with E-state index >= 15 is 0 Å². The van der Waals surface area contributed by atoms with E-state index in [0.717, 1.165) is 0 Å². The van der Waals surface area contributed by atoms with Crippen LogP contribution in [0.1, 0.15) is 27.8 Å². The van der Waals surface area contributed by atoms with Crippen LogP contribution >= 0.6 is 0 Å². The first-order chi connectivity index (χ1) is 7.59. The van der Waals surface area contributed by atoms with Crippen LogP contribution in [0.15, 0.2) is 30.3 Å². The third kappa shape index (κ3) is 1.65. The van der Waals surface area contributed by atoms with E-state index in [9.17, 15) is 9.59 Å². The number of carboxylic acid groups (broad SMARTS) is 1. The fourth-order valence-electron chi connectivity index (χ4n) is 1.55. The van der Waals surface area contributed by atoms with Crippen LogP contribution in [0.2, 0.25) is 0 Å². The largest absolute Gasteiger partial charge is 0.478 e. The molecule has 0 atom stereocenters. The van der Waals surface area contributed by atoms with Crippen LogP contribution in [0.4, 0.5) is 0 Å². The molecule has 2 aromatic rings. The van der Waals surface area contributed by atoms with Crippen molar-refractivity contribution >= 4 is 22.7 Å². The second kappa shape index (κ2) is 3.73. The van der Waals surface area contributed by atoms with E-state index in [1.54, 1.807) is 24.3 Å². The Hall–Kier alpha value is -2.23. The van der Waals surface area contributed by atoms with E-state index in [2.05, 4.69) is 4.98 Å². The maximum Gasteiger partial charge on any atom is 0.338 e. The molecule has 0 spiro atoms. The second-order valence-corrected chi connectivity index (χ2v) is 3.44.